The summed E-state index contributed by atoms with van der Waals surface area (Å²) in [6.07, 6.45) is -1.19. The Morgan fingerprint density at radius 2 is 1.93 bits per heavy atom. The maximum atomic E-state index is 12.4. The quantitative estimate of drug-likeness (QED) is 0.693. The summed E-state index contributed by atoms with van der Waals surface area (Å²) in [5.41, 5.74) is -0.205. The molecule has 0 amide bonds. The van der Waals surface area contributed by atoms with Gasteiger partial charge in [-0.2, -0.15) is 13.2 Å². The maximum absolute atomic E-state index is 12.4. The van der Waals surface area contributed by atoms with Gasteiger partial charge < -0.3 is 0 Å². The van der Waals surface area contributed by atoms with Gasteiger partial charge in [0.2, 0.25) is 0 Å². The van der Waals surface area contributed by atoms with Gasteiger partial charge in [0.05, 0.1) is 5.56 Å². The Morgan fingerprint density at radius 1 is 1.27 bits per heavy atom. The van der Waals surface area contributed by atoms with Crippen molar-refractivity contribution >= 4 is 33.6 Å². The molecule has 0 atom stereocenters. The van der Waals surface area contributed by atoms with Crippen molar-refractivity contribution in [2.24, 2.45) is 0 Å². The van der Waals surface area contributed by atoms with E-state index in [-0.39, 0.29) is 5.88 Å². The Kier molecular flexibility index (Phi) is 4.22. The highest BCUT2D eigenvalue weighted by Gasteiger charge is 2.30. The Labute approximate surface area is 98.9 Å². The summed E-state index contributed by atoms with van der Waals surface area (Å²) >= 11 is 8.43. The summed E-state index contributed by atoms with van der Waals surface area (Å²) in [6, 6.07) is 3.71. The monoisotopic (exact) mass is 298 g/mol. The molecule has 82 valence electrons. The molecule has 0 saturated heterocycles. The third-order valence-corrected chi connectivity index (χ3v) is 2.28. The molecule has 0 spiro atoms. The molecule has 0 fully saturated rings. The van der Waals surface area contributed by atoms with Crippen molar-refractivity contribution in [2.45, 2.75) is 6.18 Å². The molecule has 0 unspecified atom stereocenters. The van der Waals surface area contributed by atoms with Gasteiger partial charge in [0.25, 0.3) is 0 Å². The van der Waals surface area contributed by atoms with Gasteiger partial charge in [0, 0.05) is 10.4 Å². The Hall–Kier alpha value is -0.480. The molecule has 0 aliphatic rings. The summed E-state index contributed by atoms with van der Waals surface area (Å²) in [5, 5.41) is 0. The van der Waals surface area contributed by atoms with E-state index in [1.54, 1.807) is 18.2 Å². The average molecular weight is 300 g/mol. The number of benzene rings is 1. The Morgan fingerprint density at radius 3 is 2.47 bits per heavy atom. The van der Waals surface area contributed by atoms with Crippen LogP contribution in [0.5, 0.6) is 0 Å². The third kappa shape index (κ3) is 3.87. The number of allylic oxidation sites excluding steroid dienone is 1. The molecule has 1 aromatic rings. The van der Waals surface area contributed by atoms with Crippen LogP contribution < -0.4 is 0 Å². The van der Waals surface area contributed by atoms with Crippen LogP contribution in [0.2, 0.25) is 0 Å². The number of hydrogen-bond donors (Lipinski definition) is 0. The SMILES string of the molecule is FC(F)(F)c1cc(Br)cc(C=CCCl)c1. The van der Waals surface area contributed by atoms with Crippen LogP contribution in [0.25, 0.3) is 6.08 Å². The van der Waals surface area contributed by atoms with Crippen LogP contribution in [0.3, 0.4) is 0 Å². The first-order valence-electron chi connectivity index (χ1n) is 4.04. The summed E-state index contributed by atoms with van der Waals surface area (Å²) in [6.45, 7) is 0. The van der Waals surface area contributed by atoms with Gasteiger partial charge in [0.15, 0.2) is 0 Å². The lowest BCUT2D eigenvalue weighted by Crippen LogP contribution is -2.04. The zero-order valence-electron chi connectivity index (χ0n) is 7.48. The molecular weight excluding hydrogens is 292 g/mol. The van der Waals surface area contributed by atoms with Gasteiger partial charge in [-0.25, -0.2) is 0 Å². The Bertz CT molecular complexity index is 371. The second kappa shape index (κ2) is 5.03. The lowest BCUT2D eigenvalue weighted by Gasteiger charge is -2.08. The molecule has 0 radical (unpaired) electrons. The van der Waals surface area contributed by atoms with Gasteiger partial charge in [-0.05, 0) is 23.8 Å². The fraction of sp³-hybridized carbons (Fsp3) is 0.200. The van der Waals surface area contributed by atoms with Gasteiger partial charge in [-0.3, -0.25) is 0 Å². The fourth-order valence-corrected chi connectivity index (χ4v) is 1.65. The second-order valence-electron chi connectivity index (χ2n) is 2.83. The van der Waals surface area contributed by atoms with E-state index < -0.39 is 11.7 Å². The van der Waals surface area contributed by atoms with Crippen LogP contribution in [0, 0.1) is 0 Å². The normalized spacial score (nSPS) is 12.3. The van der Waals surface area contributed by atoms with Crippen LogP contribution >= 0.6 is 27.5 Å². The van der Waals surface area contributed by atoms with Crippen molar-refractivity contribution in [3.05, 3.63) is 39.9 Å². The van der Waals surface area contributed by atoms with Crippen molar-refractivity contribution in [1.29, 1.82) is 0 Å². The number of hydrogen-bond acceptors (Lipinski definition) is 0. The first kappa shape index (κ1) is 12.6. The van der Waals surface area contributed by atoms with E-state index in [0.29, 0.717) is 10.0 Å². The first-order valence-corrected chi connectivity index (χ1v) is 5.36. The van der Waals surface area contributed by atoms with Crippen LogP contribution in [0.1, 0.15) is 11.1 Å². The largest absolute Gasteiger partial charge is 0.416 e. The third-order valence-electron chi connectivity index (χ3n) is 1.65. The maximum Gasteiger partial charge on any atom is 0.416 e. The highest BCUT2D eigenvalue weighted by molar-refractivity contribution is 9.10. The van der Waals surface area contributed by atoms with E-state index in [0.717, 1.165) is 12.1 Å². The molecule has 0 bridgehead atoms. The van der Waals surface area contributed by atoms with Gasteiger partial charge in [-0.1, -0.05) is 28.1 Å². The smallest absolute Gasteiger partial charge is 0.166 e. The molecule has 0 aromatic heterocycles. The average Bonchev–Trinajstić information content (AvgIpc) is 2.12. The summed E-state index contributed by atoms with van der Waals surface area (Å²) in [5.74, 6) is 0.272. The van der Waals surface area contributed by atoms with Gasteiger partial charge >= 0.3 is 6.18 Å². The highest BCUT2D eigenvalue weighted by atomic mass is 79.9. The standard InChI is InChI=1S/C10H7BrClF3/c11-9-5-7(2-1-3-12)4-8(6-9)10(13,14)15/h1-2,4-6H,3H2. The molecule has 1 rings (SSSR count). The molecule has 0 saturated carbocycles. The van der Waals surface area contributed by atoms with Crippen LogP contribution in [-0.4, -0.2) is 5.88 Å². The van der Waals surface area contributed by atoms with Crippen molar-refractivity contribution in [3.8, 4) is 0 Å². The molecule has 0 aliphatic carbocycles. The van der Waals surface area contributed by atoms with Gasteiger partial charge in [-0.15, -0.1) is 11.6 Å². The van der Waals surface area contributed by atoms with E-state index in [1.165, 1.54) is 0 Å². The molecule has 0 aliphatic heterocycles. The fourth-order valence-electron chi connectivity index (χ4n) is 1.05. The lowest BCUT2D eigenvalue weighted by molar-refractivity contribution is -0.137. The van der Waals surface area contributed by atoms with E-state index in [4.69, 9.17) is 11.6 Å². The minimum Gasteiger partial charge on any atom is -0.166 e. The number of alkyl halides is 4. The first-order chi connectivity index (χ1) is 6.93. The van der Waals surface area contributed by atoms with Crippen molar-refractivity contribution < 1.29 is 13.2 Å². The predicted octanol–water partition coefficient (Wildman–Crippen LogP) is 4.72. The lowest BCUT2D eigenvalue weighted by atomic mass is 10.1. The van der Waals surface area contributed by atoms with E-state index >= 15 is 0 Å². The highest BCUT2D eigenvalue weighted by Crippen LogP contribution is 2.32. The topological polar surface area (TPSA) is 0 Å². The molecule has 1 aromatic carbocycles. The van der Waals surface area contributed by atoms with Crippen LogP contribution in [0.4, 0.5) is 13.2 Å². The van der Waals surface area contributed by atoms with Crippen LogP contribution in [-0.2, 0) is 6.18 Å². The van der Waals surface area contributed by atoms with E-state index in [2.05, 4.69) is 15.9 Å². The summed E-state index contributed by atoms with van der Waals surface area (Å²) in [4.78, 5) is 0. The summed E-state index contributed by atoms with van der Waals surface area (Å²) < 4.78 is 37.6. The number of rotatable bonds is 2. The molecule has 0 heterocycles. The minimum absolute atomic E-state index is 0.272. The van der Waals surface area contributed by atoms with Crippen molar-refractivity contribution in [3.63, 3.8) is 0 Å². The van der Waals surface area contributed by atoms with E-state index in [1.807, 2.05) is 0 Å². The van der Waals surface area contributed by atoms with Gasteiger partial charge in [0.1, 0.15) is 0 Å². The minimum atomic E-state index is -4.33. The molecule has 5 heteroatoms. The van der Waals surface area contributed by atoms with Crippen molar-refractivity contribution in [1.82, 2.24) is 0 Å². The molecule has 0 nitrogen and oxygen atoms in total. The van der Waals surface area contributed by atoms with Crippen molar-refractivity contribution in [2.75, 3.05) is 5.88 Å². The molecule has 15 heavy (non-hydrogen) atoms. The van der Waals surface area contributed by atoms with E-state index in [9.17, 15) is 13.2 Å². The zero-order chi connectivity index (χ0) is 11.5. The van der Waals surface area contributed by atoms with Crippen LogP contribution in [0.15, 0.2) is 28.7 Å². The summed E-state index contributed by atoms with van der Waals surface area (Å²) in [7, 11) is 0. The zero-order valence-corrected chi connectivity index (χ0v) is 9.83. The Balaban J connectivity index is 3.11. The molecule has 0 N–H and O–H groups in total. The predicted molar refractivity (Wildman–Crippen MR) is 58.9 cm³/mol. The number of halogens is 5. The molecular formula is C10H7BrClF3. The second-order valence-corrected chi connectivity index (χ2v) is 4.05.